The number of ether oxygens (including phenoxy) is 4. The highest BCUT2D eigenvalue weighted by molar-refractivity contribution is 5.86. The molecule has 0 aliphatic heterocycles. The van der Waals surface area contributed by atoms with Gasteiger partial charge in [0.05, 0.1) is 44.1 Å². The van der Waals surface area contributed by atoms with Crippen molar-refractivity contribution in [2.75, 3.05) is 26.4 Å². The van der Waals surface area contributed by atoms with Crippen LogP contribution in [-0.2, 0) is 28.5 Å². The van der Waals surface area contributed by atoms with E-state index in [4.69, 9.17) is 24.1 Å². The van der Waals surface area contributed by atoms with Crippen LogP contribution in [0.3, 0.4) is 0 Å². The summed E-state index contributed by atoms with van der Waals surface area (Å²) >= 11 is 0. The zero-order chi connectivity index (χ0) is 23.3. The Morgan fingerprint density at radius 2 is 1.63 bits per heavy atom. The molecule has 7 heteroatoms. The maximum atomic E-state index is 12.6. The van der Waals surface area contributed by atoms with Crippen LogP contribution >= 0.6 is 0 Å². The normalized spacial score (nSPS) is 15.5. The zero-order valence-electron chi connectivity index (χ0n) is 19.8. The Balaban J connectivity index is 5.36. The van der Waals surface area contributed by atoms with Crippen LogP contribution in [-0.4, -0.2) is 61.8 Å². The van der Waals surface area contributed by atoms with Gasteiger partial charge in [0.25, 0.3) is 0 Å². The molecular formula is C23H42O7. The van der Waals surface area contributed by atoms with E-state index in [1.54, 1.807) is 6.92 Å². The van der Waals surface area contributed by atoms with E-state index in [1.807, 2.05) is 27.7 Å². The Labute approximate surface area is 182 Å². The van der Waals surface area contributed by atoms with Gasteiger partial charge in [0, 0.05) is 17.9 Å². The number of rotatable bonds is 16. The van der Waals surface area contributed by atoms with Gasteiger partial charge in [0.1, 0.15) is 6.61 Å². The predicted molar refractivity (Wildman–Crippen MR) is 116 cm³/mol. The van der Waals surface area contributed by atoms with Gasteiger partial charge in [-0.05, 0) is 33.1 Å². The molecule has 0 aromatic rings. The number of aliphatic hydroxyl groups excluding tert-OH is 1. The average molecular weight is 431 g/mol. The lowest BCUT2D eigenvalue weighted by molar-refractivity contribution is -0.159. The molecule has 0 heterocycles. The second kappa shape index (κ2) is 15.4. The molecule has 0 aliphatic carbocycles. The molecule has 0 saturated heterocycles. The maximum absolute atomic E-state index is 12.6. The fraction of sp³-hybridized carbons (Fsp3) is 0.826. The van der Waals surface area contributed by atoms with Crippen molar-refractivity contribution in [2.45, 2.75) is 79.6 Å². The summed E-state index contributed by atoms with van der Waals surface area (Å²) in [5.74, 6) is -1.04. The first-order valence-corrected chi connectivity index (χ1v) is 10.9. The first-order valence-electron chi connectivity index (χ1n) is 10.9. The van der Waals surface area contributed by atoms with Crippen LogP contribution in [0.2, 0.25) is 0 Å². The van der Waals surface area contributed by atoms with E-state index >= 15 is 0 Å². The summed E-state index contributed by atoms with van der Waals surface area (Å²) in [7, 11) is 0. The van der Waals surface area contributed by atoms with Crippen LogP contribution in [0.15, 0.2) is 12.2 Å². The SMILES string of the molecule is C=C(C)C(=O)OCCOC(CC(CC)OCCO)C(C(C)C)C(C)C(=O)OC(C)C. The summed E-state index contributed by atoms with van der Waals surface area (Å²) in [6, 6.07) is 0. The molecule has 0 spiro atoms. The second-order valence-electron chi connectivity index (χ2n) is 8.28. The molecule has 0 bridgehead atoms. The van der Waals surface area contributed by atoms with E-state index in [1.165, 1.54) is 0 Å². The Bertz CT molecular complexity index is 516. The standard InChI is InChI=1S/C23H42O7/c1-9-19(27-11-10-24)14-20(28-12-13-29-22(25)16(4)5)21(15(2)3)18(8)23(26)30-17(6)7/h15,17-21,24H,4,9-14H2,1-3,5-8H3. The van der Waals surface area contributed by atoms with Crippen LogP contribution in [0.5, 0.6) is 0 Å². The van der Waals surface area contributed by atoms with Crippen molar-refractivity contribution in [1.29, 1.82) is 0 Å². The van der Waals surface area contributed by atoms with E-state index in [-0.39, 0.29) is 68.5 Å². The van der Waals surface area contributed by atoms with E-state index in [0.29, 0.717) is 12.0 Å². The molecule has 0 saturated carbocycles. The van der Waals surface area contributed by atoms with Crippen LogP contribution in [0.1, 0.15) is 61.3 Å². The largest absolute Gasteiger partial charge is 0.463 e. The number of hydrogen-bond donors (Lipinski definition) is 1. The molecule has 0 aromatic carbocycles. The number of carbonyl (C=O) groups is 2. The van der Waals surface area contributed by atoms with Gasteiger partial charge in [0.15, 0.2) is 0 Å². The highest BCUT2D eigenvalue weighted by Gasteiger charge is 2.36. The quantitative estimate of drug-likeness (QED) is 0.227. The zero-order valence-corrected chi connectivity index (χ0v) is 19.8. The molecule has 4 atom stereocenters. The predicted octanol–water partition coefficient (Wildman–Crippen LogP) is 3.53. The number of aliphatic hydroxyl groups is 1. The second-order valence-corrected chi connectivity index (χ2v) is 8.28. The smallest absolute Gasteiger partial charge is 0.333 e. The third-order valence-electron chi connectivity index (χ3n) is 4.89. The van der Waals surface area contributed by atoms with Gasteiger partial charge in [-0.1, -0.05) is 34.3 Å². The molecule has 0 aliphatic rings. The third-order valence-corrected chi connectivity index (χ3v) is 4.89. The van der Waals surface area contributed by atoms with Gasteiger partial charge in [0.2, 0.25) is 0 Å². The fourth-order valence-corrected chi connectivity index (χ4v) is 3.45. The molecule has 0 aromatic heterocycles. The molecule has 0 amide bonds. The van der Waals surface area contributed by atoms with Gasteiger partial charge >= 0.3 is 11.9 Å². The monoisotopic (exact) mass is 430 g/mol. The molecule has 0 rings (SSSR count). The minimum Gasteiger partial charge on any atom is -0.463 e. The van der Waals surface area contributed by atoms with Crippen molar-refractivity contribution in [3.05, 3.63) is 12.2 Å². The fourth-order valence-electron chi connectivity index (χ4n) is 3.45. The van der Waals surface area contributed by atoms with Crippen molar-refractivity contribution in [3.63, 3.8) is 0 Å². The number of hydrogen-bond acceptors (Lipinski definition) is 7. The summed E-state index contributed by atoms with van der Waals surface area (Å²) in [5.41, 5.74) is 0.333. The molecule has 0 radical (unpaired) electrons. The highest BCUT2D eigenvalue weighted by Crippen LogP contribution is 2.31. The molecular weight excluding hydrogens is 388 g/mol. The van der Waals surface area contributed by atoms with Crippen molar-refractivity contribution < 1.29 is 33.6 Å². The minimum absolute atomic E-state index is 0.0520. The van der Waals surface area contributed by atoms with Crippen LogP contribution in [0.25, 0.3) is 0 Å². The molecule has 30 heavy (non-hydrogen) atoms. The highest BCUT2D eigenvalue weighted by atomic mass is 16.6. The number of carbonyl (C=O) groups excluding carboxylic acids is 2. The topological polar surface area (TPSA) is 91.3 Å². The molecule has 176 valence electrons. The third kappa shape index (κ3) is 11.1. The van der Waals surface area contributed by atoms with E-state index < -0.39 is 5.97 Å². The average Bonchev–Trinajstić information content (AvgIpc) is 2.66. The first kappa shape index (κ1) is 28.6. The van der Waals surface area contributed by atoms with Gasteiger partial charge in [-0.3, -0.25) is 4.79 Å². The minimum atomic E-state index is -0.456. The van der Waals surface area contributed by atoms with Gasteiger partial charge < -0.3 is 24.1 Å². The lowest BCUT2D eigenvalue weighted by Gasteiger charge is -2.35. The van der Waals surface area contributed by atoms with Gasteiger partial charge in [-0.2, -0.15) is 0 Å². The molecule has 0 fully saturated rings. The van der Waals surface area contributed by atoms with Crippen molar-refractivity contribution >= 4 is 11.9 Å². The Hall–Kier alpha value is -1.44. The summed E-state index contributed by atoms with van der Waals surface area (Å²) in [5, 5.41) is 9.08. The summed E-state index contributed by atoms with van der Waals surface area (Å²) in [4.78, 5) is 24.2. The van der Waals surface area contributed by atoms with Gasteiger partial charge in [-0.15, -0.1) is 0 Å². The number of esters is 2. The Kier molecular flexibility index (Phi) is 14.6. The van der Waals surface area contributed by atoms with Crippen molar-refractivity contribution in [3.8, 4) is 0 Å². The van der Waals surface area contributed by atoms with Gasteiger partial charge in [-0.25, -0.2) is 4.79 Å². The van der Waals surface area contributed by atoms with Crippen LogP contribution in [0, 0.1) is 17.8 Å². The van der Waals surface area contributed by atoms with Crippen molar-refractivity contribution in [1.82, 2.24) is 0 Å². The molecule has 1 N–H and O–H groups in total. The summed E-state index contributed by atoms with van der Waals surface area (Å²) in [6.45, 7) is 17.3. The van der Waals surface area contributed by atoms with E-state index in [0.717, 1.165) is 6.42 Å². The van der Waals surface area contributed by atoms with E-state index in [9.17, 15) is 9.59 Å². The Morgan fingerprint density at radius 3 is 2.10 bits per heavy atom. The lowest BCUT2D eigenvalue weighted by Crippen LogP contribution is -2.40. The molecule has 7 nitrogen and oxygen atoms in total. The summed E-state index contributed by atoms with van der Waals surface area (Å²) < 4.78 is 22.4. The van der Waals surface area contributed by atoms with Crippen LogP contribution < -0.4 is 0 Å². The first-order chi connectivity index (χ1) is 14.0. The summed E-state index contributed by atoms with van der Waals surface area (Å²) in [6.07, 6.45) is 0.708. The maximum Gasteiger partial charge on any atom is 0.333 e. The van der Waals surface area contributed by atoms with Crippen molar-refractivity contribution in [2.24, 2.45) is 17.8 Å². The van der Waals surface area contributed by atoms with E-state index in [2.05, 4.69) is 20.4 Å². The molecule has 4 unspecified atom stereocenters. The van der Waals surface area contributed by atoms with Crippen LogP contribution in [0.4, 0.5) is 0 Å². The Morgan fingerprint density at radius 1 is 1.00 bits per heavy atom. The lowest BCUT2D eigenvalue weighted by atomic mass is 9.78.